The number of aryl methyl sites for hydroxylation is 1. The van der Waals surface area contributed by atoms with Crippen molar-refractivity contribution in [3.63, 3.8) is 0 Å². The zero-order chi connectivity index (χ0) is 17.4. The quantitative estimate of drug-likeness (QED) is 0.807. The van der Waals surface area contributed by atoms with Crippen LogP contribution in [0, 0.1) is 6.92 Å². The minimum Gasteiger partial charge on any atom is -0.495 e. The fourth-order valence-electron chi connectivity index (χ4n) is 3.90. The van der Waals surface area contributed by atoms with Crippen LogP contribution in [0.15, 0.2) is 36.3 Å². The number of ether oxygens (including phenoxy) is 1. The largest absolute Gasteiger partial charge is 0.495 e. The van der Waals surface area contributed by atoms with E-state index < -0.39 is 0 Å². The van der Waals surface area contributed by atoms with Crippen LogP contribution in [0.1, 0.15) is 36.9 Å². The number of piperidine rings is 1. The first-order valence-electron chi connectivity index (χ1n) is 8.86. The van der Waals surface area contributed by atoms with E-state index in [4.69, 9.17) is 4.74 Å². The average Bonchev–Trinajstić information content (AvgIpc) is 3.26. The van der Waals surface area contributed by atoms with Crippen molar-refractivity contribution in [2.24, 2.45) is 0 Å². The van der Waals surface area contributed by atoms with Gasteiger partial charge in [-0.1, -0.05) is 6.07 Å². The summed E-state index contributed by atoms with van der Waals surface area (Å²) in [5.74, 6) is 0.982. The summed E-state index contributed by atoms with van der Waals surface area (Å²) in [7, 11) is 1.67. The maximum absolute atomic E-state index is 12.7. The number of hydrogen-bond acceptors (Lipinski definition) is 3. The molecular formula is C20H23N3O2. The van der Waals surface area contributed by atoms with Crippen molar-refractivity contribution in [3.8, 4) is 11.4 Å². The van der Waals surface area contributed by atoms with E-state index in [1.54, 1.807) is 13.4 Å². The highest BCUT2D eigenvalue weighted by atomic mass is 16.5. The number of aromatic nitrogens is 2. The zero-order valence-electron chi connectivity index (χ0n) is 14.7. The molecule has 2 fully saturated rings. The number of benzene rings is 1. The average molecular weight is 337 g/mol. The molecule has 3 heterocycles. The Labute approximate surface area is 147 Å². The van der Waals surface area contributed by atoms with Crippen molar-refractivity contribution in [2.75, 3.05) is 13.7 Å². The summed E-state index contributed by atoms with van der Waals surface area (Å²) in [6, 6.07) is 6.49. The molecule has 2 aliphatic heterocycles. The Morgan fingerprint density at radius 3 is 2.96 bits per heavy atom. The normalized spacial score (nSPS) is 21.7. The smallest absolute Gasteiger partial charge is 0.250 e. The van der Waals surface area contributed by atoms with E-state index in [1.807, 2.05) is 42.0 Å². The van der Waals surface area contributed by atoms with Crippen LogP contribution in [0.5, 0.6) is 5.75 Å². The third-order valence-electron chi connectivity index (χ3n) is 5.19. The first-order valence-corrected chi connectivity index (χ1v) is 8.86. The van der Waals surface area contributed by atoms with Crippen LogP contribution in [0.3, 0.4) is 0 Å². The second-order valence-electron chi connectivity index (χ2n) is 6.86. The molecular weight excluding hydrogens is 314 g/mol. The molecule has 4 rings (SSSR count). The lowest BCUT2D eigenvalue weighted by Gasteiger charge is -2.31. The highest BCUT2D eigenvalue weighted by Gasteiger charge is 2.34. The molecule has 0 bridgehead atoms. The lowest BCUT2D eigenvalue weighted by molar-refractivity contribution is -0.129. The summed E-state index contributed by atoms with van der Waals surface area (Å²) in [5.41, 5.74) is 3.81. The van der Waals surface area contributed by atoms with Crippen LogP contribution in [0.4, 0.5) is 0 Å². The van der Waals surface area contributed by atoms with Gasteiger partial charge in [0.15, 0.2) is 0 Å². The summed E-state index contributed by atoms with van der Waals surface area (Å²) < 4.78 is 7.51. The topological polar surface area (TPSA) is 47.4 Å². The van der Waals surface area contributed by atoms with E-state index in [-0.39, 0.29) is 5.91 Å². The number of rotatable bonds is 3. The standard InChI is InChI=1S/C20H23N3O2/c1-14-12-22(13-21-14)18-8-5-15(11-19(18)25-2)10-16-6-7-17-4-3-9-23(17)20(16)24/h5,8,10-13,17H,3-4,6-7,9H2,1-2H3/b16-10+/t17-/m1/s1. The number of imidazole rings is 1. The van der Waals surface area contributed by atoms with E-state index in [0.29, 0.717) is 6.04 Å². The number of nitrogens with zero attached hydrogens (tertiary/aromatic N) is 3. The van der Waals surface area contributed by atoms with Gasteiger partial charge < -0.3 is 14.2 Å². The van der Waals surface area contributed by atoms with Gasteiger partial charge in [0.25, 0.3) is 0 Å². The van der Waals surface area contributed by atoms with E-state index in [1.165, 1.54) is 0 Å². The Morgan fingerprint density at radius 2 is 2.20 bits per heavy atom. The number of methoxy groups -OCH3 is 1. The summed E-state index contributed by atoms with van der Waals surface area (Å²) in [6.07, 6.45) is 10.0. The number of amides is 1. The molecule has 5 nitrogen and oxygen atoms in total. The minimum absolute atomic E-state index is 0.210. The van der Waals surface area contributed by atoms with Crippen LogP contribution >= 0.6 is 0 Å². The minimum atomic E-state index is 0.210. The predicted octanol–water partition coefficient (Wildman–Crippen LogP) is 3.36. The molecule has 2 aliphatic rings. The predicted molar refractivity (Wildman–Crippen MR) is 96.8 cm³/mol. The SMILES string of the molecule is COc1cc(/C=C2\CC[C@H]3CCCN3C2=O)ccc1-n1cnc(C)c1. The summed E-state index contributed by atoms with van der Waals surface area (Å²) in [6.45, 7) is 2.87. The van der Waals surface area contributed by atoms with Crippen molar-refractivity contribution in [1.29, 1.82) is 0 Å². The number of carbonyl (C=O) groups excluding carboxylic acids is 1. The first kappa shape index (κ1) is 15.9. The van der Waals surface area contributed by atoms with Gasteiger partial charge in [-0.05, 0) is 56.4 Å². The summed E-state index contributed by atoms with van der Waals surface area (Å²) in [4.78, 5) is 19.0. The molecule has 2 aromatic rings. The molecule has 0 unspecified atom stereocenters. The van der Waals surface area contributed by atoms with Crippen molar-refractivity contribution in [3.05, 3.63) is 47.6 Å². The van der Waals surface area contributed by atoms with Crippen molar-refractivity contribution in [1.82, 2.24) is 14.5 Å². The highest BCUT2D eigenvalue weighted by Crippen LogP contribution is 2.32. The fraction of sp³-hybridized carbons (Fsp3) is 0.400. The maximum Gasteiger partial charge on any atom is 0.250 e. The Bertz CT molecular complexity index is 837. The van der Waals surface area contributed by atoms with Crippen molar-refractivity contribution in [2.45, 2.75) is 38.6 Å². The van der Waals surface area contributed by atoms with E-state index in [0.717, 1.165) is 60.5 Å². The maximum atomic E-state index is 12.7. The molecule has 2 saturated heterocycles. The van der Waals surface area contributed by atoms with Crippen LogP contribution < -0.4 is 4.74 Å². The van der Waals surface area contributed by atoms with Crippen LogP contribution in [-0.4, -0.2) is 40.1 Å². The van der Waals surface area contributed by atoms with Gasteiger partial charge in [0, 0.05) is 24.4 Å². The van der Waals surface area contributed by atoms with Gasteiger partial charge in [-0.2, -0.15) is 0 Å². The molecule has 0 radical (unpaired) electrons. The molecule has 1 aromatic carbocycles. The second kappa shape index (κ2) is 6.39. The molecule has 130 valence electrons. The molecule has 0 N–H and O–H groups in total. The Morgan fingerprint density at radius 1 is 1.32 bits per heavy atom. The number of carbonyl (C=O) groups is 1. The number of fused-ring (bicyclic) bond motifs is 1. The number of hydrogen-bond donors (Lipinski definition) is 0. The zero-order valence-corrected chi connectivity index (χ0v) is 14.7. The van der Waals surface area contributed by atoms with Gasteiger partial charge in [0.2, 0.25) is 5.91 Å². The molecule has 0 aliphatic carbocycles. The van der Waals surface area contributed by atoms with Crippen LogP contribution in [0.2, 0.25) is 0 Å². The van der Waals surface area contributed by atoms with Gasteiger partial charge in [-0.3, -0.25) is 4.79 Å². The van der Waals surface area contributed by atoms with Gasteiger partial charge >= 0.3 is 0 Å². The first-order chi connectivity index (χ1) is 12.2. The van der Waals surface area contributed by atoms with Gasteiger partial charge in [-0.25, -0.2) is 4.98 Å². The van der Waals surface area contributed by atoms with E-state index in [9.17, 15) is 4.79 Å². The fourth-order valence-corrected chi connectivity index (χ4v) is 3.90. The van der Waals surface area contributed by atoms with E-state index in [2.05, 4.69) is 9.88 Å². The Kier molecular flexibility index (Phi) is 4.07. The monoisotopic (exact) mass is 337 g/mol. The summed E-state index contributed by atoms with van der Waals surface area (Å²) >= 11 is 0. The lowest BCUT2D eigenvalue weighted by Crippen LogP contribution is -2.40. The molecule has 0 saturated carbocycles. The lowest BCUT2D eigenvalue weighted by atomic mass is 9.96. The van der Waals surface area contributed by atoms with Gasteiger partial charge in [0.1, 0.15) is 5.75 Å². The van der Waals surface area contributed by atoms with E-state index >= 15 is 0 Å². The third-order valence-corrected chi connectivity index (χ3v) is 5.19. The van der Waals surface area contributed by atoms with Gasteiger partial charge in [0.05, 0.1) is 24.8 Å². The highest BCUT2D eigenvalue weighted by molar-refractivity contribution is 5.99. The Balaban J connectivity index is 1.64. The third kappa shape index (κ3) is 2.95. The molecule has 1 amide bonds. The van der Waals surface area contributed by atoms with Crippen LogP contribution in [0.25, 0.3) is 11.8 Å². The van der Waals surface area contributed by atoms with Crippen LogP contribution in [-0.2, 0) is 4.79 Å². The molecule has 25 heavy (non-hydrogen) atoms. The molecule has 1 atom stereocenters. The van der Waals surface area contributed by atoms with Crippen molar-refractivity contribution < 1.29 is 9.53 Å². The molecule has 5 heteroatoms. The summed E-state index contributed by atoms with van der Waals surface area (Å²) in [5, 5.41) is 0. The van der Waals surface area contributed by atoms with Crippen molar-refractivity contribution >= 4 is 12.0 Å². The Hall–Kier alpha value is -2.56. The molecule has 1 aromatic heterocycles. The van der Waals surface area contributed by atoms with Gasteiger partial charge in [-0.15, -0.1) is 0 Å². The second-order valence-corrected chi connectivity index (χ2v) is 6.86. The molecule has 0 spiro atoms.